The first-order valence-corrected chi connectivity index (χ1v) is 3.35. The van der Waals surface area contributed by atoms with Gasteiger partial charge in [-0.25, -0.2) is 10.3 Å². The van der Waals surface area contributed by atoms with Crippen LogP contribution in [0.1, 0.15) is 11.7 Å². The van der Waals surface area contributed by atoms with Crippen LogP contribution in [-0.4, -0.2) is 0 Å². The molecule has 0 aliphatic heterocycles. The molecule has 2 nitrogen and oxygen atoms in total. The molecule has 1 aromatic carbocycles. The molecule has 0 bridgehead atoms. The summed E-state index contributed by atoms with van der Waals surface area (Å²) in [6.45, 7) is 0. The molecule has 1 unspecified atom stereocenters. The van der Waals surface area contributed by atoms with E-state index in [1.54, 1.807) is 0 Å². The average Bonchev–Trinajstić information content (AvgIpc) is 2.10. The number of benzene rings is 1. The van der Waals surface area contributed by atoms with Gasteiger partial charge in [0.15, 0.2) is 6.10 Å². The van der Waals surface area contributed by atoms with Gasteiger partial charge in [-0.15, -0.1) is 6.42 Å². The van der Waals surface area contributed by atoms with E-state index in [0.717, 1.165) is 0 Å². The summed E-state index contributed by atoms with van der Waals surface area (Å²) in [7, 11) is 0. The molecule has 12 heavy (non-hydrogen) atoms. The summed E-state index contributed by atoms with van der Waals surface area (Å²) in [6, 6.07) is 5.68. The molecule has 0 aliphatic carbocycles. The molecular weight excluding hydrogens is 157 g/mol. The third kappa shape index (κ3) is 1.82. The topological polar surface area (TPSA) is 35.2 Å². The number of rotatable bonds is 2. The lowest BCUT2D eigenvalue weighted by Crippen LogP contribution is -2.06. The smallest absolute Gasteiger partial charge is 0.164 e. The minimum atomic E-state index is -0.606. The van der Waals surface area contributed by atoms with Crippen molar-refractivity contribution >= 4 is 0 Å². The first-order chi connectivity index (χ1) is 5.77. The summed E-state index contributed by atoms with van der Waals surface area (Å²) in [5.74, 6) is 6.92. The Morgan fingerprint density at radius 3 is 2.42 bits per heavy atom. The molecule has 3 heteroatoms. The number of halogens is 1. The van der Waals surface area contributed by atoms with Crippen LogP contribution in [0, 0.1) is 18.2 Å². The standard InChI is InChI=1S/C9H8FNO/c1-2-9(12-11)7-3-5-8(10)6-4-7/h1,3-6,9H,11H2. The Labute approximate surface area is 70.1 Å². The van der Waals surface area contributed by atoms with Crippen molar-refractivity contribution in [2.24, 2.45) is 5.90 Å². The van der Waals surface area contributed by atoms with Gasteiger partial charge in [-0.1, -0.05) is 18.1 Å². The lowest BCUT2D eigenvalue weighted by Gasteiger charge is -2.06. The zero-order chi connectivity index (χ0) is 8.97. The number of terminal acetylenes is 1. The predicted molar refractivity (Wildman–Crippen MR) is 43.2 cm³/mol. The molecule has 0 fully saturated rings. The summed E-state index contributed by atoms with van der Waals surface area (Å²) in [5, 5.41) is 0. The minimum Gasteiger partial charge on any atom is -0.283 e. The minimum absolute atomic E-state index is 0.313. The summed E-state index contributed by atoms with van der Waals surface area (Å²) in [6.07, 6.45) is 4.50. The van der Waals surface area contributed by atoms with Crippen LogP contribution in [0.2, 0.25) is 0 Å². The SMILES string of the molecule is C#CC(ON)c1ccc(F)cc1. The van der Waals surface area contributed by atoms with Gasteiger partial charge in [0.2, 0.25) is 0 Å². The van der Waals surface area contributed by atoms with Crippen molar-refractivity contribution in [3.63, 3.8) is 0 Å². The van der Waals surface area contributed by atoms with Crippen LogP contribution in [0.5, 0.6) is 0 Å². The molecule has 0 saturated carbocycles. The van der Waals surface area contributed by atoms with Crippen LogP contribution in [0.25, 0.3) is 0 Å². The summed E-state index contributed by atoms with van der Waals surface area (Å²) >= 11 is 0. The maximum absolute atomic E-state index is 12.4. The third-order valence-electron chi connectivity index (χ3n) is 1.46. The molecule has 0 aliphatic rings. The van der Waals surface area contributed by atoms with Gasteiger partial charge < -0.3 is 0 Å². The molecule has 0 radical (unpaired) electrons. The highest BCUT2D eigenvalue weighted by Gasteiger charge is 2.05. The van der Waals surface area contributed by atoms with Gasteiger partial charge >= 0.3 is 0 Å². The lowest BCUT2D eigenvalue weighted by molar-refractivity contribution is 0.0935. The van der Waals surface area contributed by atoms with Gasteiger partial charge in [0.25, 0.3) is 0 Å². The van der Waals surface area contributed by atoms with Crippen LogP contribution in [-0.2, 0) is 4.84 Å². The van der Waals surface area contributed by atoms with Crippen molar-refractivity contribution in [2.45, 2.75) is 6.10 Å². The largest absolute Gasteiger partial charge is 0.283 e. The van der Waals surface area contributed by atoms with E-state index in [4.69, 9.17) is 12.3 Å². The van der Waals surface area contributed by atoms with Crippen molar-refractivity contribution in [3.05, 3.63) is 35.6 Å². The van der Waals surface area contributed by atoms with E-state index in [1.807, 2.05) is 0 Å². The van der Waals surface area contributed by atoms with Crippen LogP contribution in [0.3, 0.4) is 0 Å². The average molecular weight is 165 g/mol. The van der Waals surface area contributed by atoms with E-state index in [0.29, 0.717) is 5.56 Å². The maximum Gasteiger partial charge on any atom is 0.164 e. The van der Waals surface area contributed by atoms with E-state index in [1.165, 1.54) is 24.3 Å². The van der Waals surface area contributed by atoms with E-state index >= 15 is 0 Å². The second-order valence-corrected chi connectivity index (χ2v) is 2.23. The van der Waals surface area contributed by atoms with Crippen LogP contribution in [0.4, 0.5) is 4.39 Å². The van der Waals surface area contributed by atoms with Gasteiger partial charge in [0.1, 0.15) is 5.82 Å². The monoisotopic (exact) mass is 165 g/mol. The van der Waals surface area contributed by atoms with Crippen LogP contribution in [0.15, 0.2) is 24.3 Å². The Morgan fingerprint density at radius 1 is 1.42 bits per heavy atom. The molecule has 1 atom stereocenters. The summed E-state index contributed by atoms with van der Waals surface area (Å²) in [5.41, 5.74) is 0.668. The molecule has 62 valence electrons. The molecule has 0 spiro atoms. The van der Waals surface area contributed by atoms with Gasteiger partial charge in [0.05, 0.1) is 0 Å². The molecular formula is C9H8FNO. The Morgan fingerprint density at radius 2 is 2.00 bits per heavy atom. The number of hydrogen-bond donors (Lipinski definition) is 1. The van der Waals surface area contributed by atoms with Crippen molar-refractivity contribution < 1.29 is 9.23 Å². The van der Waals surface area contributed by atoms with E-state index in [2.05, 4.69) is 10.8 Å². The molecule has 0 heterocycles. The Balaban J connectivity index is 2.89. The molecule has 0 amide bonds. The fraction of sp³-hybridized carbons (Fsp3) is 0.111. The highest BCUT2D eigenvalue weighted by molar-refractivity contribution is 5.24. The quantitative estimate of drug-likeness (QED) is 0.531. The summed E-state index contributed by atoms with van der Waals surface area (Å²) < 4.78 is 12.4. The zero-order valence-corrected chi connectivity index (χ0v) is 6.33. The fourth-order valence-electron chi connectivity index (χ4n) is 0.852. The molecule has 1 aromatic rings. The molecule has 0 saturated heterocycles. The first-order valence-electron chi connectivity index (χ1n) is 3.35. The second-order valence-electron chi connectivity index (χ2n) is 2.23. The summed E-state index contributed by atoms with van der Waals surface area (Å²) in [4.78, 5) is 4.47. The van der Waals surface area contributed by atoms with E-state index in [-0.39, 0.29) is 5.82 Å². The molecule has 2 N–H and O–H groups in total. The van der Waals surface area contributed by atoms with Gasteiger partial charge in [0, 0.05) is 0 Å². The van der Waals surface area contributed by atoms with Crippen molar-refractivity contribution in [2.75, 3.05) is 0 Å². The van der Waals surface area contributed by atoms with Gasteiger partial charge in [-0.3, -0.25) is 4.84 Å². The van der Waals surface area contributed by atoms with E-state index < -0.39 is 6.10 Å². The van der Waals surface area contributed by atoms with Crippen molar-refractivity contribution in [3.8, 4) is 12.3 Å². The predicted octanol–water partition coefficient (Wildman–Crippen LogP) is 1.39. The number of hydrogen-bond acceptors (Lipinski definition) is 2. The van der Waals surface area contributed by atoms with E-state index in [9.17, 15) is 4.39 Å². The Bertz CT molecular complexity index is 288. The normalized spacial score (nSPS) is 12.1. The Hall–Kier alpha value is -1.37. The van der Waals surface area contributed by atoms with Crippen LogP contribution >= 0.6 is 0 Å². The van der Waals surface area contributed by atoms with Gasteiger partial charge in [-0.2, -0.15) is 0 Å². The maximum atomic E-state index is 12.4. The number of nitrogens with two attached hydrogens (primary N) is 1. The lowest BCUT2D eigenvalue weighted by atomic mass is 10.1. The highest BCUT2D eigenvalue weighted by atomic mass is 19.1. The third-order valence-corrected chi connectivity index (χ3v) is 1.46. The molecule has 0 aromatic heterocycles. The molecule has 1 rings (SSSR count). The van der Waals surface area contributed by atoms with Gasteiger partial charge in [-0.05, 0) is 17.7 Å². The zero-order valence-electron chi connectivity index (χ0n) is 6.33. The fourth-order valence-corrected chi connectivity index (χ4v) is 0.852. The van der Waals surface area contributed by atoms with Crippen molar-refractivity contribution in [1.29, 1.82) is 0 Å². The van der Waals surface area contributed by atoms with Crippen LogP contribution < -0.4 is 5.90 Å². The second kappa shape index (κ2) is 3.86. The first kappa shape index (κ1) is 8.72. The highest BCUT2D eigenvalue weighted by Crippen LogP contribution is 2.14. The van der Waals surface area contributed by atoms with Crippen molar-refractivity contribution in [1.82, 2.24) is 0 Å². The Kier molecular flexibility index (Phi) is 2.81.